The van der Waals surface area contributed by atoms with Crippen LogP contribution in [-0.2, 0) is 13.2 Å². The normalized spacial score (nSPS) is 11.5. The SMILES string of the molecule is CC(C)NCc1cncc(-c2nc3cc(CO)ccc3s2)c1. The monoisotopic (exact) mass is 313 g/mol. The predicted molar refractivity (Wildman–Crippen MR) is 90.7 cm³/mol. The number of aliphatic hydroxyl groups excluding tert-OH is 1. The second-order valence-electron chi connectivity index (χ2n) is 5.60. The topological polar surface area (TPSA) is 58.0 Å². The average Bonchev–Trinajstić information content (AvgIpc) is 2.96. The van der Waals surface area contributed by atoms with Crippen LogP contribution in [0.25, 0.3) is 20.8 Å². The maximum Gasteiger partial charge on any atom is 0.126 e. The van der Waals surface area contributed by atoms with Crippen LogP contribution in [-0.4, -0.2) is 21.1 Å². The quantitative estimate of drug-likeness (QED) is 0.758. The van der Waals surface area contributed by atoms with E-state index in [-0.39, 0.29) is 6.61 Å². The van der Waals surface area contributed by atoms with E-state index in [2.05, 4.69) is 35.2 Å². The van der Waals surface area contributed by atoms with Gasteiger partial charge in [0.1, 0.15) is 5.01 Å². The fourth-order valence-electron chi connectivity index (χ4n) is 2.22. The van der Waals surface area contributed by atoms with E-state index in [1.54, 1.807) is 11.3 Å². The third kappa shape index (κ3) is 3.32. The average molecular weight is 313 g/mol. The molecule has 2 heterocycles. The Bertz CT molecular complexity index is 782. The first-order valence-electron chi connectivity index (χ1n) is 7.33. The Hall–Kier alpha value is -1.82. The number of hydrogen-bond acceptors (Lipinski definition) is 5. The molecule has 3 aromatic rings. The van der Waals surface area contributed by atoms with Gasteiger partial charge in [0.15, 0.2) is 0 Å². The van der Waals surface area contributed by atoms with Gasteiger partial charge in [-0.25, -0.2) is 4.98 Å². The Balaban J connectivity index is 1.91. The van der Waals surface area contributed by atoms with Crippen molar-refractivity contribution in [2.24, 2.45) is 0 Å². The van der Waals surface area contributed by atoms with Gasteiger partial charge in [0.2, 0.25) is 0 Å². The number of nitrogens with one attached hydrogen (secondary N) is 1. The minimum absolute atomic E-state index is 0.0424. The van der Waals surface area contributed by atoms with E-state index in [1.807, 2.05) is 30.6 Å². The maximum atomic E-state index is 9.22. The second kappa shape index (κ2) is 6.52. The highest BCUT2D eigenvalue weighted by atomic mass is 32.1. The Morgan fingerprint density at radius 2 is 2.05 bits per heavy atom. The van der Waals surface area contributed by atoms with Gasteiger partial charge in [0.05, 0.1) is 16.8 Å². The van der Waals surface area contributed by atoms with Crippen LogP contribution in [0.2, 0.25) is 0 Å². The molecule has 0 amide bonds. The Morgan fingerprint density at radius 3 is 2.82 bits per heavy atom. The molecule has 5 heteroatoms. The van der Waals surface area contributed by atoms with Gasteiger partial charge < -0.3 is 10.4 Å². The van der Waals surface area contributed by atoms with Crippen LogP contribution in [0.1, 0.15) is 25.0 Å². The lowest BCUT2D eigenvalue weighted by Gasteiger charge is -2.08. The molecule has 114 valence electrons. The molecular weight excluding hydrogens is 294 g/mol. The Labute approximate surface area is 133 Å². The first-order valence-corrected chi connectivity index (χ1v) is 8.15. The number of fused-ring (bicyclic) bond motifs is 1. The van der Waals surface area contributed by atoms with Gasteiger partial charge >= 0.3 is 0 Å². The number of benzene rings is 1. The predicted octanol–water partition coefficient (Wildman–Crippen LogP) is 3.35. The van der Waals surface area contributed by atoms with Crippen molar-refractivity contribution in [3.8, 4) is 10.6 Å². The Morgan fingerprint density at radius 1 is 1.18 bits per heavy atom. The van der Waals surface area contributed by atoms with E-state index in [4.69, 9.17) is 0 Å². The number of hydrogen-bond donors (Lipinski definition) is 2. The van der Waals surface area contributed by atoms with Crippen LogP contribution in [0.4, 0.5) is 0 Å². The van der Waals surface area contributed by atoms with Crippen LogP contribution in [0.15, 0.2) is 36.7 Å². The summed E-state index contributed by atoms with van der Waals surface area (Å²) in [6.07, 6.45) is 3.74. The third-order valence-electron chi connectivity index (χ3n) is 3.39. The molecule has 2 N–H and O–H groups in total. The molecule has 0 bridgehead atoms. The summed E-state index contributed by atoms with van der Waals surface area (Å²) in [7, 11) is 0. The molecule has 0 aliphatic rings. The van der Waals surface area contributed by atoms with Crippen molar-refractivity contribution in [2.45, 2.75) is 33.0 Å². The molecule has 2 aromatic heterocycles. The first-order chi connectivity index (χ1) is 10.7. The molecule has 0 fully saturated rings. The van der Waals surface area contributed by atoms with Crippen LogP contribution in [0.3, 0.4) is 0 Å². The molecule has 0 aliphatic carbocycles. The van der Waals surface area contributed by atoms with Crippen LogP contribution in [0.5, 0.6) is 0 Å². The lowest BCUT2D eigenvalue weighted by Crippen LogP contribution is -2.21. The summed E-state index contributed by atoms with van der Waals surface area (Å²) in [5.74, 6) is 0. The summed E-state index contributed by atoms with van der Waals surface area (Å²) in [5, 5.41) is 13.6. The lowest BCUT2D eigenvalue weighted by molar-refractivity contribution is 0.282. The molecule has 0 radical (unpaired) electrons. The maximum absolute atomic E-state index is 9.22. The van der Waals surface area contributed by atoms with E-state index in [9.17, 15) is 5.11 Å². The molecule has 0 atom stereocenters. The van der Waals surface area contributed by atoms with E-state index >= 15 is 0 Å². The molecule has 1 aromatic carbocycles. The van der Waals surface area contributed by atoms with Crippen molar-refractivity contribution in [3.05, 3.63) is 47.8 Å². The van der Waals surface area contributed by atoms with Gasteiger partial charge in [0, 0.05) is 30.5 Å². The largest absolute Gasteiger partial charge is 0.392 e. The zero-order chi connectivity index (χ0) is 15.5. The number of nitrogens with zero attached hydrogens (tertiary/aromatic N) is 2. The van der Waals surface area contributed by atoms with Crippen molar-refractivity contribution >= 4 is 21.6 Å². The summed E-state index contributed by atoms with van der Waals surface area (Å²) in [6, 6.07) is 8.47. The molecule has 4 nitrogen and oxygen atoms in total. The number of aliphatic hydroxyl groups is 1. The van der Waals surface area contributed by atoms with E-state index in [0.717, 1.165) is 38.5 Å². The molecule has 0 aliphatic heterocycles. The van der Waals surface area contributed by atoms with Gasteiger partial charge in [-0.2, -0.15) is 0 Å². The summed E-state index contributed by atoms with van der Waals surface area (Å²) in [5.41, 5.74) is 4.01. The van der Waals surface area contributed by atoms with E-state index in [1.165, 1.54) is 0 Å². The number of aromatic nitrogens is 2. The summed E-state index contributed by atoms with van der Waals surface area (Å²) >= 11 is 1.65. The zero-order valence-electron chi connectivity index (χ0n) is 12.7. The molecule has 22 heavy (non-hydrogen) atoms. The zero-order valence-corrected chi connectivity index (χ0v) is 13.5. The van der Waals surface area contributed by atoms with Gasteiger partial charge in [0.25, 0.3) is 0 Å². The van der Waals surface area contributed by atoms with Crippen molar-refractivity contribution in [3.63, 3.8) is 0 Å². The van der Waals surface area contributed by atoms with Gasteiger partial charge in [-0.3, -0.25) is 4.98 Å². The van der Waals surface area contributed by atoms with Gasteiger partial charge in [-0.15, -0.1) is 11.3 Å². The highest BCUT2D eigenvalue weighted by Crippen LogP contribution is 2.30. The van der Waals surface area contributed by atoms with Crippen molar-refractivity contribution in [1.82, 2.24) is 15.3 Å². The summed E-state index contributed by atoms with van der Waals surface area (Å²) < 4.78 is 1.12. The smallest absolute Gasteiger partial charge is 0.126 e. The van der Waals surface area contributed by atoms with Gasteiger partial charge in [-0.1, -0.05) is 19.9 Å². The molecule has 0 saturated heterocycles. The van der Waals surface area contributed by atoms with Crippen LogP contribution >= 0.6 is 11.3 Å². The van der Waals surface area contributed by atoms with Crippen molar-refractivity contribution in [2.75, 3.05) is 0 Å². The van der Waals surface area contributed by atoms with Crippen LogP contribution in [0, 0.1) is 0 Å². The summed E-state index contributed by atoms with van der Waals surface area (Å²) in [6.45, 7) is 5.10. The van der Waals surface area contributed by atoms with Crippen LogP contribution < -0.4 is 5.32 Å². The highest BCUT2D eigenvalue weighted by molar-refractivity contribution is 7.21. The third-order valence-corrected chi connectivity index (χ3v) is 4.48. The van der Waals surface area contributed by atoms with E-state index < -0.39 is 0 Å². The molecule has 0 spiro atoms. The minimum Gasteiger partial charge on any atom is -0.392 e. The standard InChI is InChI=1S/C17H19N3OS/c1-11(2)19-8-13-5-14(9-18-7-13)17-20-15-6-12(10-21)3-4-16(15)22-17/h3-7,9,11,19,21H,8,10H2,1-2H3. The fourth-order valence-corrected chi connectivity index (χ4v) is 3.15. The molecule has 0 unspecified atom stereocenters. The second-order valence-corrected chi connectivity index (χ2v) is 6.63. The highest BCUT2D eigenvalue weighted by Gasteiger charge is 2.08. The molecule has 3 rings (SSSR count). The first kappa shape index (κ1) is 15.1. The molecular formula is C17H19N3OS. The fraction of sp³-hybridized carbons (Fsp3) is 0.294. The van der Waals surface area contributed by atoms with Crippen molar-refractivity contribution < 1.29 is 5.11 Å². The van der Waals surface area contributed by atoms with E-state index in [0.29, 0.717) is 6.04 Å². The molecule has 0 saturated carbocycles. The Kier molecular flexibility index (Phi) is 4.47. The number of pyridine rings is 1. The summed E-state index contributed by atoms with van der Waals surface area (Å²) in [4.78, 5) is 9.00. The lowest BCUT2D eigenvalue weighted by atomic mass is 10.2. The minimum atomic E-state index is 0.0424. The van der Waals surface area contributed by atoms with Gasteiger partial charge in [-0.05, 0) is 29.3 Å². The number of thiazole rings is 1. The van der Waals surface area contributed by atoms with Crippen molar-refractivity contribution in [1.29, 1.82) is 0 Å². The number of rotatable bonds is 5.